The molecule has 0 bridgehead atoms. The van der Waals surface area contributed by atoms with Gasteiger partial charge in [0, 0.05) is 23.3 Å². The molecule has 0 saturated heterocycles. The molecule has 2 aromatic carbocycles. The third-order valence-corrected chi connectivity index (χ3v) is 6.23. The number of fused-ring (bicyclic) bond motifs is 3. The fourth-order valence-corrected chi connectivity index (χ4v) is 4.77. The molecule has 2 heterocycles. The van der Waals surface area contributed by atoms with Crippen LogP contribution in [0, 0.1) is 0 Å². The fraction of sp³-hybridized carbons (Fsp3) is 0.280. The van der Waals surface area contributed by atoms with Crippen molar-refractivity contribution in [3.63, 3.8) is 0 Å². The third-order valence-electron chi connectivity index (χ3n) is 5.31. The van der Waals surface area contributed by atoms with E-state index in [9.17, 15) is 9.90 Å². The molecule has 7 nitrogen and oxygen atoms in total. The number of benzene rings is 2. The SMILES string of the molecule is C=CCOc1cccc(C2N(C(C)=O)c3ccccc3-c3c([O-])nc(SCCCC)n[n+]32)c1. The number of carbonyl (C=O) groups excluding carboxylic acids is 1. The Labute approximate surface area is 197 Å². The molecule has 0 radical (unpaired) electrons. The van der Waals surface area contributed by atoms with E-state index in [0.717, 1.165) is 24.2 Å². The van der Waals surface area contributed by atoms with E-state index >= 15 is 0 Å². The molecule has 0 aliphatic carbocycles. The van der Waals surface area contributed by atoms with Crippen molar-refractivity contribution in [1.29, 1.82) is 0 Å². The lowest BCUT2D eigenvalue weighted by Gasteiger charge is -2.33. The average Bonchev–Trinajstić information content (AvgIpc) is 2.81. The first-order chi connectivity index (χ1) is 16.0. The van der Waals surface area contributed by atoms with Crippen molar-refractivity contribution < 1.29 is 19.3 Å². The molecule has 1 atom stereocenters. The highest BCUT2D eigenvalue weighted by Gasteiger charge is 2.43. The number of thioether (sulfide) groups is 1. The summed E-state index contributed by atoms with van der Waals surface area (Å²) >= 11 is 1.45. The molecule has 0 saturated carbocycles. The van der Waals surface area contributed by atoms with E-state index < -0.39 is 6.17 Å². The minimum absolute atomic E-state index is 0.158. The normalized spacial score (nSPS) is 14.4. The first-order valence-corrected chi connectivity index (χ1v) is 11.9. The smallest absolute Gasteiger partial charge is 0.293 e. The number of nitrogens with zero attached hydrogens (tertiary/aromatic N) is 4. The van der Waals surface area contributed by atoms with E-state index in [1.165, 1.54) is 18.7 Å². The zero-order valence-electron chi connectivity index (χ0n) is 18.7. The van der Waals surface area contributed by atoms with Crippen LogP contribution in [0.5, 0.6) is 11.6 Å². The summed E-state index contributed by atoms with van der Waals surface area (Å²) in [6, 6.07) is 14.8. The number of amides is 1. The summed E-state index contributed by atoms with van der Waals surface area (Å²) in [5.74, 6) is 0.946. The molecule has 1 aliphatic rings. The number of rotatable bonds is 8. The molecule has 4 rings (SSSR count). The van der Waals surface area contributed by atoms with E-state index in [4.69, 9.17) is 9.84 Å². The van der Waals surface area contributed by atoms with Gasteiger partial charge >= 0.3 is 0 Å². The van der Waals surface area contributed by atoms with Crippen molar-refractivity contribution in [3.05, 3.63) is 66.7 Å². The summed E-state index contributed by atoms with van der Waals surface area (Å²) in [7, 11) is 0. The van der Waals surface area contributed by atoms with Crippen molar-refractivity contribution in [3.8, 4) is 22.9 Å². The van der Waals surface area contributed by atoms with Crippen molar-refractivity contribution in [1.82, 2.24) is 10.1 Å². The van der Waals surface area contributed by atoms with Gasteiger partial charge < -0.3 is 9.84 Å². The van der Waals surface area contributed by atoms with Crippen LogP contribution >= 0.6 is 11.8 Å². The Balaban J connectivity index is 1.92. The highest BCUT2D eigenvalue weighted by molar-refractivity contribution is 7.99. The molecular formula is C25H26N4O3S. The van der Waals surface area contributed by atoms with Gasteiger partial charge in [0.05, 0.1) is 17.1 Å². The summed E-state index contributed by atoms with van der Waals surface area (Å²) in [5.41, 5.74) is 2.43. The molecule has 3 aromatic rings. The van der Waals surface area contributed by atoms with Gasteiger partial charge in [0.25, 0.3) is 17.0 Å². The summed E-state index contributed by atoms with van der Waals surface area (Å²) in [5, 5.41) is 18.4. The molecule has 1 amide bonds. The summed E-state index contributed by atoms with van der Waals surface area (Å²) in [6.45, 7) is 7.69. The number of ether oxygens (including phenoxy) is 1. The fourth-order valence-electron chi connectivity index (χ4n) is 3.86. The lowest BCUT2D eigenvalue weighted by atomic mass is 10.0. The number of hydrogen-bond donors (Lipinski definition) is 0. The lowest BCUT2D eigenvalue weighted by molar-refractivity contribution is -0.764. The van der Waals surface area contributed by atoms with Crippen LogP contribution in [-0.2, 0) is 4.79 Å². The first-order valence-electron chi connectivity index (χ1n) is 10.9. The maximum absolute atomic E-state index is 13.2. The Morgan fingerprint density at radius 3 is 2.88 bits per heavy atom. The number of anilines is 1. The van der Waals surface area contributed by atoms with Crippen LogP contribution in [0.4, 0.5) is 5.69 Å². The standard InChI is InChI=1S/C25H26N4O3S/c1-4-6-15-33-25-26-23(31)22-20-12-7-8-13-21(20)28(17(3)30)24(29(22)27-25)18-10-9-11-19(16-18)32-14-5-2/h5,7-13,16,24H,2,4,6,14-15H2,1,3H3. The van der Waals surface area contributed by atoms with E-state index in [1.54, 1.807) is 15.7 Å². The molecule has 1 unspecified atom stereocenters. The van der Waals surface area contributed by atoms with Gasteiger partial charge in [-0.25, -0.2) is 9.88 Å². The Morgan fingerprint density at radius 1 is 1.30 bits per heavy atom. The van der Waals surface area contributed by atoms with Gasteiger partial charge in [0.2, 0.25) is 5.91 Å². The molecule has 1 aromatic heterocycles. The number of para-hydroxylation sites is 1. The highest BCUT2D eigenvalue weighted by Crippen LogP contribution is 2.41. The molecule has 8 heteroatoms. The van der Waals surface area contributed by atoms with Crippen molar-refractivity contribution in [2.24, 2.45) is 0 Å². The van der Waals surface area contributed by atoms with Crippen LogP contribution in [-0.4, -0.2) is 28.3 Å². The van der Waals surface area contributed by atoms with Crippen LogP contribution in [0.15, 0.2) is 66.3 Å². The van der Waals surface area contributed by atoms with Gasteiger partial charge in [-0.05, 0) is 36.8 Å². The number of hydrogen-bond acceptors (Lipinski definition) is 6. The molecule has 1 aliphatic heterocycles. The summed E-state index contributed by atoms with van der Waals surface area (Å²) in [6.07, 6.45) is 3.06. The number of aromatic nitrogens is 3. The van der Waals surface area contributed by atoms with Crippen molar-refractivity contribution >= 4 is 23.4 Å². The predicted octanol–water partition coefficient (Wildman–Crippen LogP) is 3.88. The molecule has 170 valence electrons. The number of carbonyl (C=O) groups is 1. The monoisotopic (exact) mass is 462 g/mol. The van der Waals surface area contributed by atoms with Crippen LogP contribution < -0.4 is 19.4 Å². The van der Waals surface area contributed by atoms with Crippen LogP contribution in [0.2, 0.25) is 0 Å². The Bertz CT molecular complexity index is 1180. The minimum Gasteiger partial charge on any atom is -0.854 e. The van der Waals surface area contributed by atoms with Crippen LogP contribution in [0.3, 0.4) is 0 Å². The largest absolute Gasteiger partial charge is 0.854 e. The van der Waals surface area contributed by atoms with E-state index in [2.05, 4.69) is 18.5 Å². The van der Waals surface area contributed by atoms with Gasteiger partial charge in [-0.3, -0.25) is 4.79 Å². The van der Waals surface area contributed by atoms with E-state index in [0.29, 0.717) is 34.5 Å². The first kappa shape index (κ1) is 22.8. The zero-order valence-corrected chi connectivity index (χ0v) is 19.5. The highest BCUT2D eigenvalue weighted by atomic mass is 32.2. The summed E-state index contributed by atoms with van der Waals surface area (Å²) < 4.78 is 7.36. The van der Waals surface area contributed by atoms with E-state index in [1.807, 2.05) is 48.5 Å². The van der Waals surface area contributed by atoms with Gasteiger partial charge in [-0.15, -0.1) is 0 Å². The molecule has 0 spiro atoms. The second-order valence-electron chi connectivity index (χ2n) is 7.65. The Hall–Kier alpha value is -3.39. The van der Waals surface area contributed by atoms with Gasteiger partial charge in [-0.1, -0.05) is 60.6 Å². The lowest BCUT2D eigenvalue weighted by Crippen LogP contribution is -2.58. The van der Waals surface area contributed by atoms with Crippen LogP contribution in [0.1, 0.15) is 38.4 Å². The predicted molar refractivity (Wildman–Crippen MR) is 126 cm³/mol. The van der Waals surface area contributed by atoms with Gasteiger partial charge in [0.15, 0.2) is 0 Å². The van der Waals surface area contributed by atoms with Gasteiger partial charge in [-0.2, -0.15) is 0 Å². The molecule has 33 heavy (non-hydrogen) atoms. The van der Waals surface area contributed by atoms with E-state index in [-0.39, 0.29) is 11.8 Å². The quantitative estimate of drug-likeness (QED) is 0.219. The Morgan fingerprint density at radius 2 is 2.12 bits per heavy atom. The summed E-state index contributed by atoms with van der Waals surface area (Å²) in [4.78, 5) is 18.9. The maximum atomic E-state index is 13.2. The maximum Gasteiger partial charge on any atom is 0.293 e. The van der Waals surface area contributed by atoms with Gasteiger partial charge in [0.1, 0.15) is 12.4 Å². The second kappa shape index (κ2) is 10.0. The number of unbranched alkanes of at least 4 members (excludes halogenated alkanes) is 1. The molecule has 0 N–H and O–H groups in total. The average molecular weight is 463 g/mol. The van der Waals surface area contributed by atoms with Crippen LogP contribution in [0.25, 0.3) is 11.3 Å². The molecular weight excluding hydrogens is 436 g/mol. The topological polar surface area (TPSA) is 82.3 Å². The zero-order chi connectivity index (χ0) is 23.4. The van der Waals surface area contributed by atoms with Crippen molar-refractivity contribution in [2.75, 3.05) is 17.3 Å². The molecule has 0 fully saturated rings. The Kier molecular flexibility index (Phi) is 6.93. The third kappa shape index (κ3) is 4.57. The second-order valence-corrected chi connectivity index (χ2v) is 8.71. The minimum atomic E-state index is -0.652. The van der Waals surface area contributed by atoms with Crippen molar-refractivity contribution in [2.45, 2.75) is 38.0 Å².